The molecule has 3 aromatic heterocycles. The fraction of sp³-hybridized carbons (Fsp3) is 0.240. The van der Waals surface area contributed by atoms with Crippen LogP contribution in [0.15, 0.2) is 55.5 Å². The van der Waals surface area contributed by atoms with Crippen molar-refractivity contribution in [2.24, 2.45) is 0 Å². The van der Waals surface area contributed by atoms with Crippen LogP contribution in [0.3, 0.4) is 0 Å². The number of rotatable bonds is 6. The Labute approximate surface area is 190 Å². The van der Waals surface area contributed by atoms with E-state index in [1.165, 1.54) is 24.8 Å². The minimum Gasteiger partial charge on any atom is -0.336 e. The topological polar surface area (TPSA) is 69.7 Å². The molecule has 2 N–H and O–H groups in total. The third kappa shape index (κ3) is 4.61. The molecule has 168 valence electrons. The van der Waals surface area contributed by atoms with Gasteiger partial charge in [0.15, 0.2) is 11.6 Å². The molecule has 5 rings (SSSR count). The van der Waals surface area contributed by atoms with Crippen LogP contribution in [0.4, 0.5) is 14.6 Å². The van der Waals surface area contributed by atoms with Gasteiger partial charge in [0.05, 0.1) is 17.4 Å². The van der Waals surface area contributed by atoms with Gasteiger partial charge >= 0.3 is 0 Å². The largest absolute Gasteiger partial charge is 0.336 e. The maximum absolute atomic E-state index is 14.0. The van der Waals surface area contributed by atoms with Crippen molar-refractivity contribution in [2.75, 3.05) is 18.4 Å². The Morgan fingerprint density at radius 2 is 1.88 bits per heavy atom. The van der Waals surface area contributed by atoms with E-state index in [9.17, 15) is 8.78 Å². The first kappa shape index (κ1) is 21.2. The zero-order chi connectivity index (χ0) is 22.8. The Bertz CT molecular complexity index is 1310. The smallest absolute Gasteiger partial charge is 0.168 e. The number of pyridine rings is 2. The van der Waals surface area contributed by atoms with E-state index in [0.29, 0.717) is 11.4 Å². The average molecular weight is 447 g/mol. The van der Waals surface area contributed by atoms with Gasteiger partial charge in [0.25, 0.3) is 0 Å². The predicted molar refractivity (Wildman–Crippen MR) is 125 cm³/mol. The molecule has 4 aromatic rings. The number of H-pyrrole nitrogens is 1. The minimum absolute atomic E-state index is 0.108. The Balaban J connectivity index is 1.41. The van der Waals surface area contributed by atoms with Crippen LogP contribution in [-0.4, -0.2) is 38.2 Å². The van der Waals surface area contributed by atoms with Crippen molar-refractivity contribution in [2.45, 2.75) is 25.8 Å². The van der Waals surface area contributed by atoms with Crippen molar-refractivity contribution in [1.29, 1.82) is 0 Å². The first-order chi connectivity index (χ1) is 16.1. The molecule has 0 unspecified atom stereocenters. The van der Waals surface area contributed by atoms with E-state index >= 15 is 0 Å². The summed E-state index contributed by atoms with van der Waals surface area (Å²) in [5.41, 5.74) is 4.91. The molecule has 1 aromatic carbocycles. The van der Waals surface area contributed by atoms with Gasteiger partial charge in [-0.3, -0.25) is 15.0 Å². The van der Waals surface area contributed by atoms with E-state index in [1.807, 2.05) is 30.6 Å². The van der Waals surface area contributed by atoms with Crippen LogP contribution in [0.25, 0.3) is 27.7 Å². The molecular weight excluding hydrogens is 422 g/mol. The van der Waals surface area contributed by atoms with Gasteiger partial charge < -0.3 is 5.32 Å². The molecule has 1 saturated heterocycles. The molecule has 4 heterocycles. The van der Waals surface area contributed by atoms with Gasteiger partial charge in [-0.25, -0.2) is 13.8 Å². The van der Waals surface area contributed by atoms with Gasteiger partial charge in [-0.2, -0.15) is 5.10 Å². The number of benzene rings is 1. The van der Waals surface area contributed by atoms with E-state index in [0.717, 1.165) is 53.9 Å². The van der Waals surface area contributed by atoms with Crippen molar-refractivity contribution in [3.8, 4) is 11.1 Å². The van der Waals surface area contributed by atoms with Crippen molar-refractivity contribution in [3.63, 3.8) is 0 Å². The molecule has 0 bridgehead atoms. The monoisotopic (exact) mass is 446 g/mol. The number of aromatic nitrogens is 4. The highest BCUT2D eigenvalue weighted by Gasteiger charge is 2.15. The van der Waals surface area contributed by atoms with Crippen LogP contribution in [0.5, 0.6) is 0 Å². The van der Waals surface area contributed by atoms with Crippen LogP contribution in [0.1, 0.15) is 30.5 Å². The summed E-state index contributed by atoms with van der Waals surface area (Å²) in [5.74, 6) is -1.65. The summed E-state index contributed by atoms with van der Waals surface area (Å²) in [5, 5.41) is 10.9. The first-order valence-electron chi connectivity index (χ1n) is 11.0. The molecule has 0 amide bonds. The number of nitrogens with one attached hydrogen (secondary N) is 2. The Morgan fingerprint density at radius 3 is 2.70 bits per heavy atom. The third-order valence-corrected chi connectivity index (χ3v) is 5.91. The highest BCUT2D eigenvalue weighted by molar-refractivity contribution is 5.94. The van der Waals surface area contributed by atoms with Crippen molar-refractivity contribution in [3.05, 3.63) is 78.4 Å². The standard InChI is InChI=1S/C25H24F2N6/c1-16(30-25-22(27)11-20(26)14-29-25)24-21-10-18(5-6-23(21)31-32-24)19-9-17(12-28-13-19)15-33-7-3-2-4-8-33/h5-6,9-14H,1-4,7-8,15H2,(H,29,30)(H,31,32). The molecule has 8 heteroatoms. The molecule has 33 heavy (non-hydrogen) atoms. The molecule has 0 atom stereocenters. The summed E-state index contributed by atoms with van der Waals surface area (Å²) in [4.78, 5) is 10.7. The SMILES string of the molecule is C=C(Nc1ncc(F)cc1F)c1n[nH]c2ccc(-c3cncc(CN4CCCCC4)c3)cc12. The Hall–Kier alpha value is -3.65. The maximum atomic E-state index is 14.0. The van der Waals surface area contributed by atoms with E-state index in [2.05, 4.69) is 43.0 Å². The fourth-order valence-corrected chi connectivity index (χ4v) is 4.24. The Kier molecular flexibility index (Phi) is 5.83. The van der Waals surface area contributed by atoms with Gasteiger partial charge in [-0.1, -0.05) is 19.1 Å². The normalized spacial score (nSPS) is 14.5. The highest BCUT2D eigenvalue weighted by Crippen LogP contribution is 2.29. The molecule has 0 radical (unpaired) electrons. The first-order valence-corrected chi connectivity index (χ1v) is 11.0. The molecule has 6 nitrogen and oxygen atoms in total. The number of halogens is 2. The van der Waals surface area contributed by atoms with E-state index < -0.39 is 11.6 Å². The zero-order valence-electron chi connectivity index (χ0n) is 18.1. The van der Waals surface area contributed by atoms with Crippen LogP contribution in [0, 0.1) is 11.6 Å². The third-order valence-electron chi connectivity index (χ3n) is 5.91. The van der Waals surface area contributed by atoms with E-state index in [1.54, 1.807) is 0 Å². The minimum atomic E-state index is -0.798. The van der Waals surface area contributed by atoms with Gasteiger partial charge in [-0.05, 0) is 55.3 Å². The second-order valence-corrected chi connectivity index (χ2v) is 8.34. The molecule has 1 fully saturated rings. The average Bonchev–Trinajstić information content (AvgIpc) is 3.25. The quantitative estimate of drug-likeness (QED) is 0.417. The number of fused-ring (bicyclic) bond motifs is 1. The van der Waals surface area contributed by atoms with Crippen LogP contribution in [-0.2, 0) is 6.54 Å². The highest BCUT2D eigenvalue weighted by atomic mass is 19.1. The van der Waals surface area contributed by atoms with E-state index in [-0.39, 0.29) is 5.82 Å². The summed E-state index contributed by atoms with van der Waals surface area (Å²) in [7, 11) is 0. The van der Waals surface area contributed by atoms with Crippen molar-refractivity contribution >= 4 is 22.4 Å². The maximum Gasteiger partial charge on any atom is 0.168 e. The molecular formula is C25H24F2N6. The van der Waals surface area contributed by atoms with Gasteiger partial charge in [0.1, 0.15) is 11.5 Å². The summed E-state index contributed by atoms with van der Waals surface area (Å²) in [6, 6.07) is 8.92. The van der Waals surface area contributed by atoms with Crippen molar-refractivity contribution < 1.29 is 8.78 Å². The zero-order valence-corrected chi connectivity index (χ0v) is 18.1. The Morgan fingerprint density at radius 1 is 1.03 bits per heavy atom. The second-order valence-electron chi connectivity index (χ2n) is 8.34. The van der Waals surface area contributed by atoms with Crippen LogP contribution in [0.2, 0.25) is 0 Å². The number of likely N-dealkylation sites (tertiary alicyclic amines) is 1. The fourth-order valence-electron chi connectivity index (χ4n) is 4.24. The number of anilines is 1. The van der Waals surface area contributed by atoms with Gasteiger partial charge in [0, 0.05) is 36.0 Å². The summed E-state index contributed by atoms with van der Waals surface area (Å²) in [6.07, 6.45) is 8.54. The number of nitrogens with zero attached hydrogens (tertiary/aromatic N) is 4. The number of piperidine rings is 1. The molecule has 1 aliphatic heterocycles. The lowest BCUT2D eigenvalue weighted by Gasteiger charge is -2.26. The lowest BCUT2D eigenvalue weighted by molar-refractivity contribution is 0.220. The number of hydrogen-bond donors (Lipinski definition) is 2. The van der Waals surface area contributed by atoms with Crippen LogP contribution >= 0.6 is 0 Å². The molecule has 1 aliphatic rings. The summed E-state index contributed by atoms with van der Waals surface area (Å²) in [6.45, 7) is 7.14. The molecule has 0 spiro atoms. The summed E-state index contributed by atoms with van der Waals surface area (Å²) >= 11 is 0. The lowest BCUT2D eigenvalue weighted by Crippen LogP contribution is -2.29. The van der Waals surface area contributed by atoms with Gasteiger partial charge in [0.2, 0.25) is 0 Å². The van der Waals surface area contributed by atoms with E-state index in [4.69, 9.17) is 0 Å². The van der Waals surface area contributed by atoms with Gasteiger partial charge in [-0.15, -0.1) is 0 Å². The number of hydrogen-bond acceptors (Lipinski definition) is 5. The molecule has 0 saturated carbocycles. The molecule has 0 aliphatic carbocycles. The number of aromatic amines is 1. The van der Waals surface area contributed by atoms with Crippen LogP contribution < -0.4 is 5.32 Å². The summed E-state index contributed by atoms with van der Waals surface area (Å²) < 4.78 is 27.2. The van der Waals surface area contributed by atoms with Crippen molar-refractivity contribution in [1.82, 2.24) is 25.1 Å². The lowest BCUT2D eigenvalue weighted by atomic mass is 10.0. The predicted octanol–water partition coefficient (Wildman–Crippen LogP) is 5.37. The second kappa shape index (κ2) is 9.07.